The number of nitrogens with zero attached hydrogens (tertiary/aromatic N) is 1. The first-order chi connectivity index (χ1) is 12.6. The van der Waals surface area contributed by atoms with Crippen LogP contribution in [-0.4, -0.2) is 25.5 Å². The average Bonchev–Trinajstić information content (AvgIpc) is 2.59. The first kappa shape index (κ1) is 22.4. The highest BCUT2D eigenvalue weighted by molar-refractivity contribution is 6.77. The van der Waals surface area contributed by atoms with E-state index in [-0.39, 0.29) is 18.3 Å². The Morgan fingerprint density at radius 1 is 1.19 bits per heavy atom. The lowest BCUT2D eigenvalue weighted by molar-refractivity contribution is -0.139. The smallest absolute Gasteiger partial charge is 0.200 e. The van der Waals surface area contributed by atoms with Crippen molar-refractivity contribution in [2.45, 2.75) is 103 Å². The summed E-state index contributed by atoms with van der Waals surface area (Å²) in [5.41, 5.74) is 9.70. The van der Waals surface area contributed by atoms with E-state index in [1.807, 2.05) is 6.07 Å². The summed E-state index contributed by atoms with van der Waals surface area (Å²) < 4.78 is 13.7. The van der Waals surface area contributed by atoms with E-state index >= 15 is 0 Å². The zero-order chi connectivity index (χ0) is 20.4. The van der Waals surface area contributed by atoms with Crippen molar-refractivity contribution in [3.05, 3.63) is 24.0 Å². The minimum absolute atomic E-state index is 0.0287. The minimum Gasteiger partial charge on any atom is -0.410 e. The molecule has 1 saturated heterocycles. The van der Waals surface area contributed by atoms with E-state index in [9.17, 15) is 0 Å². The minimum atomic E-state index is -1.94. The van der Waals surface area contributed by atoms with Gasteiger partial charge in [0.25, 0.3) is 0 Å². The molecule has 1 aliphatic heterocycles. The molecule has 2 heterocycles. The maximum atomic E-state index is 7.16. The van der Waals surface area contributed by atoms with Crippen LogP contribution < -0.4 is 5.73 Å². The highest BCUT2D eigenvalue weighted by atomic mass is 28.4. The van der Waals surface area contributed by atoms with Crippen LogP contribution in [0.4, 0.5) is 5.69 Å². The summed E-state index contributed by atoms with van der Waals surface area (Å²) in [5, 5.41) is 0. The molecule has 0 unspecified atom stereocenters. The quantitative estimate of drug-likeness (QED) is 0.569. The molecule has 0 radical (unpaired) electrons. The molecule has 154 valence electrons. The molecule has 5 heteroatoms. The Labute approximate surface area is 167 Å². The molecule has 0 saturated carbocycles. The van der Waals surface area contributed by atoms with Crippen LogP contribution in [0.2, 0.25) is 16.6 Å². The van der Waals surface area contributed by atoms with Crippen LogP contribution in [0.1, 0.15) is 79.9 Å². The number of nitrogen functional groups attached to an aromatic ring is 1. The summed E-state index contributed by atoms with van der Waals surface area (Å²) in [6, 6.07) is 2.00. The third kappa shape index (κ3) is 4.41. The van der Waals surface area contributed by atoms with Gasteiger partial charge in [0.05, 0.1) is 30.2 Å². The van der Waals surface area contributed by atoms with Crippen LogP contribution >= 0.6 is 0 Å². The van der Waals surface area contributed by atoms with Crippen molar-refractivity contribution in [1.82, 2.24) is 4.98 Å². The Morgan fingerprint density at radius 2 is 1.78 bits per heavy atom. The molecular weight excluding hydrogens is 352 g/mol. The number of pyridine rings is 1. The summed E-state index contributed by atoms with van der Waals surface area (Å²) >= 11 is 0. The predicted octanol–water partition coefficient (Wildman–Crippen LogP) is 6.10. The number of hydrogen-bond acceptors (Lipinski definition) is 4. The number of ether oxygens (including phenoxy) is 1. The Morgan fingerprint density at radius 3 is 2.26 bits per heavy atom. The SMILES string of the molecule is CC[C@H]1O[C@@H](c2ccncc2N)C[C@@H](C)[C@@H]1O[Si](C(C)C)(C(C)C)C(C)C. The number of nitrogens with two attached hydrogens (primary N) is 1. The highest BCUT2D eigenvalue weighted by Gasteiger charge is 2.50. The van der Waals surface area contributed by atoms with Crippen LogP contribution in [0.3, 0.4) is 0 Å². The summed E-state index contributed by atoms with van der Waals surface area (Å²) in [4.78, 5) is 4.12. The summed E-state index contributed by atoms with van der Waals surface area (Å²) in [5.74, 6) is 0.435. The van der Waals surface area contributed by atoms with Gasteiger partial charge in [-0.15, -0.1) is 0 Å². The summed E-state index contributed by atoms with van der Waals surface area (Å²) in [6.07, 6.45) is 5.71. The molecule has 4 atom stereocenters. The van der Waals surface area contributed by atoms with Gasteiger partial charge in [-0.2, -0.15) is 0 Å². The Kier molecular flexibility index (Phi) is 7.51. The Balaban J connectivity index is 2.29. The van der Waals surface area contributed by atoms with Gasteiger partial charge >= 0.3 is 0 Å². The van der Waals surface area contributed by atoms with Gasteiger partial charge in [0.2, 0.25) is 8.32 Å². The van der Waals surface area contributed by atoms with Crippen LogP contribution in [-0.2, 0) is 9.16 Å². The standard InChI is InChI=1S/C22H40N2O2Si/c1-9-20-22(26-27(14(2)3,15(4)5)16(6)7)17(8)12-21(25-20)18-10-11-24-13-19(18)23/h10-11,13-17,20-22H,9,12,23H2,1-8H3/t17-,20-,21-,22+/m1/s1. The molecule has 0 spiro atoms. The second-order valence-corrected chi connectivity index (χ2v) is 14.6. The summed E-state index contributed by atoms with van der Waals surface area (Å²) in [7, 11) is -1.94. The maximum Gasteiger partial charge on any atom is 0.200 e. The van der Waals surface area contributed by atoms with Gasteiger partial charge in [-0.3, -0.25) is 4.98 Å². The van der Waals surface area contributed by atoms with Crippen molar-refractivity contribution >= 4 is 14.0 Å². The predicted molar refractivity (Wildman–Crippen MR) is 116 cm³/mol. The third-order valence-electron chi connectivity index (χ3n) is 6.54. The average molecular weight is 393 g/mol. The molecule has 27 heavy (non-hydrogen) atoms. The van der Waals surface area contributed by atoms with Gasteiger partial charge in [0.15, 0.2) is 0 Å². The molecule has 0 amide bonds. The van der Waals surface area contributed by atoms with Crippen LogP contribution in [0.25, 0.3) is 0 Å². The number of aromatic nitrogens is 1. The third-order valence-corrected chi connectivity index (χ3v) is 12.6. The Bertz CT molecular complexity index is 584. The van der Waals surface area contributed by atoms with Crippen molar-refractivity contribution in [1.29, 1.82) is 0 Å². The van der Waals surface area contributed by atoms with Gasteiger partial charge in [0.1, 0.15) is 0 Å². The lowest BCUT2D eigenvalue weighted by Crippen LogP contribution is -2.55. The van der Waals surface area contributed by atoms with Gasteiger partial charge in [-0.05, 0) is 41.4 Å². The van der Waals surface area contributed by atoms with E-state index in [1.54, 1.807) is 12.4 Å². The highest BCUT2D eigenvalue weighted by Crippen LogP contribution is 2.47. The van der Waals surface area contributed by atoms with E-state index in [1.165, 1.54) is 0 Å². The van der Waals surface area contributed by atoms with Crippen molar-refractivity contribution in [3.63, 3.8) is 0 Å². The molecule has 0 aromatic carbocycles. The molecule has 1 aromatic rings. The second kappa shape index (κ2) is 9.06. The van der Waals surface area contributed by atoms with Gasteiger partial charge in [0, 0.05) is 11.8 Å². The van der Waals surface area contributed by atoms with Gasteiger partial charge in [-0.25, -0.2) is 0 Å². The van der Waals surface area contributed by atoms with E-state index in [0.29, 0.717) is 22.5 Å². The molecular formula is C22H40N2O2Si. The van der Waals surface area contributed by atoms with Crippen molar-refractivity contribution in [2.24, 2.45) is 5.92 Å². The molecule has 1 aliphatic rings. The van der Waals surface area contributed by atoms with E-state index in [2.05, 4.69) is 60.4 Å². The van der Waals surface area contributed by atoms with E-state index < -0.39 is 8.32 Å². The zero-order valence-corrected chi connectivity index (χ0v) is 19.5. The van der Waals surface area contributed by atoms with Crippen LogP contribution in [0.5, 0.6) is 0 Å². The molecule has 4 nitrogen and oxygen atoms in total. The monoisotopic (exact) mass is 392 g/mol. The maximum absolute atomic E-state index is 7.16. The zero-order valence-electron chi connectivity index (χ0n) is 18.5. The largest absolute Gasteiger partial charge is 0.410 e. The fourth-order valence-electron chi connectivity index (χ4n) is 5.26. The van der Waals surface area contributed by atoms with E-state index in [0.717, 1.165) is 24.1 Å². The molecule has 2 N–H and O–H groups in total. The normalized spacial score (nSPS) is 26.9. The first-order valence-electron chi connectivity index (χ1n) is 10.7. The number of hydrogen-bond donors (Lipinski definition) is 1. The van der Waals surface area contributed by atoms with Crippen molar-refractivity contribution in [2.75, 3.05) is 5.73 Å². The lowest BCUT2D eigenvalue weighted by atomic mass is 9.87. The fraction of sp³-hybridized carbons (Fsp3) is 0.773. The molecule has 1 aromatic heterocycles. The lowest BCUT2D eigenvalue weighted by Gasteiger charge is -2.50. The number of anilines is 1. The fourth-order valence-corrected chi connectivity index (χ4v) is 10.9. The first-order valence-corrected chi connectivity index (χ1v) is 12.8. The van der Waals surface area contributed by atoms with E-state index in [4.69, 9.17) is 14.9 Å². The molecule has 0 bridgehead atoms. The molecule has 1 fully saturated rings. The van der Waals surface area contributed by atoms with Gasteiger partial charge < -0.3 is 14.9 Å². The van der Waals surface area contributed by atoms with Gasteiger partial charge in [-0.1, -0.05) is 55.4 Å². The van der Waals surface area contributed by atoms with Crippen molar-refractivity contribution < 1.29 is 9.16 Å². The van der Waals surface area contributed by atoms with Crippen molar-refractivity contribution in [3.8, 4) is 0 Å². The number of rotatable bonds is 7. The molecule has 0 aliphatic carbocycles. The van der Waals surface area contributed by atoms with Crippen LogP contribution in [0, 0.1) is 5.92 Å². The molecule has 2 rings (SSSR count). The van der Waals surface area contributed by atoms with Crippen LogP contribution in [0.15, 0.2) is 18.5 Å². The summed E-state index contributed by atoms with van der Waals surface area (Å²) in [6.45, 7) is 18.6. The second-order valence-electron chi connectivity index (χ2n) is 9.19. The topological polar surface area (TPSA) is 57.4 Å². The Hall–Kier alpha value is -0.913.